The molecule has 0 bridgehead atoms. The van der Waals surface area contributed by atoms with Gasteiger partial charge in [0.15, 0.2) is 0 Å². The summed E-state index contributed by atoms with van der Waals surface area (Å²) in [6, 6.07) is 12.1. The van der Waals surface area contributed by atoms with Crippen molar-refractivity contribution in [2.75, 3.05) is 40.7 Å². The Morgan fingerprint density at radius 2 is 1.64 bits per heavy atom. The van der Waals surface area contributed by atoms with E-state index in [-0.39, 0.29) is 16.1 Å². The fourth-order valence-corrected chi connectivity index (χ4v) is 4.85. The Balaban J connectivity index is 1.55. The molecule has 0 atom stereocenters. The lowest BCUT2D eigenvalue weighted by Gasteiger charge is -2.24. The second-order valence-corrected chi connectivity index (χ2v) is 9.59. The predicted octanol–water partition coefficient (Wildman–Crippen LogP) is 3.35. The van der Waals surface area contributed by atoms with E-state index in [4.69, 9.17) is 11.6 Å². The predicted molar refractivity (Wildman–Crippen MR) is 127 cm³/mol. The van der Waals surface area contributed by atoms with E-state index in [1.165, 1.54) is 36.4 Å². The highest BCUT2D eigenvalue weighted by molar-refractivity contribution is 7.92. The first-order valence-corrected chi connectivity index (χ1v) is 12.1. The Morgan fingerprint density at radius 1 is 0.970 bits per heavy atom. The lowest BCUT2D eigenvalue weighted by molar-refractivity contribution is 0.0698. The summed E-state index contributed by atoms with van der Waals surface area (Å²) in [5, 5.41) is 10.1. The number of nitrogens with one attached hydrogen (secondary N) is 1. The van der Waals surface area contributed by atoms with Gasteiger partial charge in [-0.25, -0.2) is 23.2 Å². The third-order valence-corrected chi connectivity index (χ3v) is 6.93. The third kappa shape index (κ3) is 5.35. The van der Waals surface area contributed by atoms with E-state index in [1.54, 1.807) is 24.5 Å². The van der Waals surface area contributed by atoms with Crippen molar-refractivity contribution in [1.82, 2.24) is 9.97 Å². The van der Waals surface area contributed by atoms with Gasteiger partial charge in [-0.2, -0.15) is 0 Å². The Bertz CT molecular complexity index is 1240. The maximum atomic E-state index is 12.7. The molecule has 1 aliphatic heterocycles. The van der Waals surface area contributed by atoms with Crippen LogP contribution < -0.4 is 14.5 Å². The molecule has 1 fully saturated rings. The molecule has 0 radical (unpaired) electrons. The monoisotopic (exact) mass is 487 g/mol. The number of carbonyl (C=O) groups is 1. The van der Waals surface area contributed by atoms with E-state index in [0.29, 0.717) is 29.7 Å². The highest BCUT2D eigenvalue weighted by atomic mass is 35.5. The molecular formula is C22H22ClN5O4S. The van der Waals surface area contributed by atoms with Crippen LogP contribution in [-0.4, -0.2) is 55.6 Å². The number of aromatic nitrogens is 2. The Labute approximate surface area is 196 Å². The molecule has 3 aromatic rings. The van der Waals surface area contributed by atoms with Gasteiger partial charge in [0.25, 0.3) is 10.0 Å². The van der Waals surface area contributed by atoms with Crippen LogP contribution in [0, 0.1) is 0 Å². The van der Waals surface area contributed by atoms with Gasteiger partial charge in [0.2, 0.25) is 5.95 Å². The molecule has 4 rings (SSSR count). The number of nitrogens with zero attached hydrogens (tertiary/aromatic N) is 4. The van der Waals surface area contributed by atoms with Gasteiger partial charge in [0.05, 0.1) is 16.1 Å². The van der Waals surface area contributed by atoms with Gasteiger partial charge in [-0.3, -0.25) is 4.72 Å². The van der Waals surface area contributed by atoms with Crippen LogP contribution >= 0.6 is 11.6 Å². The SMILES string of the molecule is O=C(O)c1cc(N2CCCN(c3ncccn3)CC2)ccc1NS(=O)(=O)c1ccc(Cl)cc1. The third-order valence-electron chi connectivity index (χ3n) is 5.30. The summed E-state index contributed by atoms with van der Waals surface area (Å²) in [6.07, 6.45) is 4.24. The minimum Gasteiger partial charge on any atom is -0.478 e. The average molecular weight is 488 g/mol. The van der Waals surface area contributed by atoms with Crippen LogP contribution in [0.5, 0.6) is 0 Å². The number of aromatic carboxylic acids is 1. The van der Waals surface area contributed by atoms with Crippen molar-refractivity contribution in [2.45, 2.75) is 11.3 Å². The molecule has 1 aliphatic rings. The number of rotatable bonds is 6. The van der Waals surface area contributed by atoms with Crippen LogP contribution in [0.25, 0.3) is 0 Å². The maximum absolute atomic E-state index is 12.7. The molecule has 172 valence electrons. The van der Waals surface area contributed by atoms with Gasteiger partial charge in [-0.1, -0.05) is 11.6 Å². The fraction of sp³-hybridized carbons (Fsp3) is 0.227. The molecule has 2 N–H and O–H groups in total. The van der Waals surface area contributed by atoms with E-state index in [9.17, 15) is 18.3 Å². The molecule has 1 saturated heterocycles. The molecule has 33 heavy (non-hydrogen) atoms. The van der Waals surface area contributed by atoms with E-state index < -0.39 is 16.0 Å². The van der Waals surface area contributed by atoms with Crippen molar-refractivity contribution < 1.29 is 18.3 Å². The molecule has 2 aromatic carbocycles. The average Bonchev–Trinajstić information content (AvgIpc) is 3.06. The van der Waals surface area contributed by atoms with Crippen molar-refractivity contribution in [3.63, 3.8) is 0 Å². The van der Waals surface area contributed by atoms with Crippen molar-refractivity contribution in [3.8, 4) is 0 Å². The topological polar surface area (TPSA) is 116 Å². The Hall–Kier alpha value is -3.37. The minimum absolute atomic E-state index is 0.00432. The fourth-order valence-electron chi connectivity index (χ4n) is 3.64. The Kier molecular flexibility index (Phi) is 6.66. The van der Waals surface area contributed by atoms with Gasteiger partial charge in [0.1, 0.15) is 0 Å². The maximum Gasteiger partial charge on any atom is 0.337 e. The molecule has 0 saturated carbocycles. The van der Waals surface area contributed by atoms with Crippen molar-refractivity contribution in [1.29, 1.82) is 0 Å². The standard InChI is InChI=1S/C22H22ClN5O4S/c23-16-3-6-18(7-4-16)33(31,32)26-20-8-5-17(15-19(20)21(29)30)27-11-2-12-28(14-13-27)22-24-9-1-10-25-22/h1,3-10,15,26H,2,11-14H2,(H,29,30). The Morgan fingerprint density at radius 3 is 2.33 bits per heavy atom. The van der Waals surface area contributed by atoms with Gasteiger partial charge < -0.3 is 14.9 Å². The van der Waals surface area contributed by atoms with Gasteiger partial charge in [-0.15, -0.1) is 0 Å². The normalized spacial score (nSPS) is 14.6. The molecule has 1 aromatic heterocycles. The molecule has 0 amide bonds. The van der Waals surface area contributed by atoms with Crippen LogP contribution in [0.1, 0.15) is 16.8 Å². The summed E-state index contributed by atoms with van der Waals surface area (Å²) < 4.78 is 27.8. The highest BCUT2D eigenvalue weighted by Crippen LogP contribution is 2.27. The lowest BCUT2D eigenvalue weighted by Crippen LogP contribution is -2.31. The van der Waals surface area contributed by atoms with Crippen LogP contribution in [-0.2, 0) is 10.0 Å². The number of halogens is 1. The van der Waals surface area contributed by atoms with Crippen LogP contribution in [0.3, 0.4) is 0 Å². The second-order valence-electron chi connectivity index (χ2n) is 7.47. The molecule has 2 heterocycles. The van der Waals surface area contributed by atoms with E-state index >= 15 is 0 Å². The molecule has 9 nitrogen and oxygen atoms in total. The van der Waals surface area contributed by atoms with Crippen molar-refractivity contribution in [2.24, 2.45) is 0 Å². The summed E-state index contributed by atoms with van der Waals surface area (Å²) in [7, 11) is -3.97. The number of hydrogen-bond donors (Lipinski definition) is 2. The molecular weight excluding hydrogens is 466 g/mol. The van der Waals surface area contributed by atoms with Gasteiger partial charge in [-0.05, 0) is 55.0 Å². The van der Waals surface area contributed by atoms with Crippen LogP contribution in [0.15, 0.2) is 65.8 Å². The van der Waals surface area contributed by atoms with Gasteiger partial charge in [0, 0.05) is 49.3 Å². The molecule has 0 spiro atoms. The number of carboxylic acids is 1. The van der Waals surface area contributed by atoms with Crippen LogP contribution in [0.2, 0.25) is 5.02 Å². The summed E-state index contributed by atoms with van der Waals surface area (Å²) in [5.41, 5.74) is 0.575. The van der Waals surface area contributed by atoms with Crippen LogP contribution in [0.4, 0.5) is 17.3 Å². The van der Waals surface area contributed by atoms with Crippen molar-refractivity contribution in [3.05, 3.63) is 71.5 Å². The zero-order chi connectivity index (χ0) is 23.4. The largest absolute Gasteiger partial charge is 0.478 e. The molecule has 0 unspecified atom stereocenters. The summed E-state index contributed by atoms with van der Waals surface area (Å²) in [6.45, 7) is 2.83. The minimum atomic E-state index is -3.97. The highest BCUT2D eigenvalue weighted by Gasteiger charge is 2.22. The smallest absolute Gasteiger partial charge is 0.337 e. The number of carboxylic acid groups (broad SMARTS) is 1. The zero-order valence-corrected chi connectivity index (χ0v) is 19.1. The first-order chi connectivity index (χ1) is 15.8. The first-order valence-electron chi connectivity index (χ1n) is 10.3. The summed E-state index contributed by atoms with van der Waals surface area (Å²) in [5.74, 6) is -0.558. The van der Waals surface area contributed by atoms with Gasteiger partial charge >= 0.3 is 5.97 Å². The van der Waals surface area contributed by atoms with E-state index in [1.807, 2.05) is 0 Å². The number of hydrogen-bond acceptors (Lipinski definition) is 7. The number of sulfonamides is 1. The number of anilines is 3. The summed E-state index contributed by atoms with van der Waals surface area (Å²) in [4.78, 5) is 24.7. The quantitative estimate of drug-likeness (QED) is 0.544. The number of benzene rings is 2. The zero-order valence-electron chi connectivity index (χ0n) is 17.6. The second kappa shape index (κ2) is 9.63. The van der Waals surface area contributed by atoms with Crippen molar-refractivity contribution >= 4 is 44.9 Å². The van der Waals surface area contributed by atoms with E-state index in [2.05, 4.69) is 24.5 Å². The summed E-state index contributed by atoms with van der Waals surface area (Å²) >= 11 is 5.83. The first kappa shape index (κ1) is 22.8. The molecule has 0 aliphatic carbocycles. The molecule has 11 heteroatoms. The van der Waals surface area contributed by atoms with E-state index in [0.717, 1.165) is 19.5 Å². The lowest BCUT2D eigenvalue weighted by atomic mass is 10.1.